The molecule has 0 amide bonds. The van der Waals surface area contributed by atoms with Gasteiger partial charge in [-0.2, -0.15) is 0 Å². The summed E-state index contributed by atoms with van der Waals surface area (Å²) >= 11 is 0. The number of para-hydroxylation sites is 1. The van der Waals surface area contributed by atoms with Gasteiger partial charge in [0, 0.05) is 11.5 Å². The van der Waals surface area contributed by atoms with Gasteiger partial charge >= 0.3 is 0 Å². The Labute approximate surface area is 109 Å². The molecule has 94 valence electrons. The van der Waals surface area contributed by atoms with Crippen LogP contribution in [0.1, 0.15) is 31.7 Å². The zero-order valence-corrected chi connectivity index (χ0v) is 10.8. The third-order valence-corrected chi connectivity index (χ3v) is 3.30. The van der Waals surface area contributed by atoms with Crippen molar-refractivity contribution in [3.05, 3.63) is 59.7 Å². The van der Waals surface area contributed by atoms with Crippen LogP contribution in [-0.4, -0.2) is 5.11 Å². The summed E-state index contributed by atoms with van der Waals surface area (Å²) < 4.78 is 0. The Morgan fingerprint density at radius 2 is 2.06 bits per heavy atom. The Balaban J connectivity index is 2.22. The van der Waals surface area contributed by atoms with Crippen LogP contribution in [0.4, 0.5) is 0 Å². The highest BCUT2D eigenvalue weighted by Crippen LogP contribution is 2.28. The molecule has 1 atom stereocenters. The first-order valence-corrected chi connectivity index (χ1v) is 6.65. The van der Waals surface area contributed by atoms with E-state index in [1.54, 1.807) is 6.07 Å². The topological polar surface area (TPSA) is 20.2 Å². The first-order valence-electron chi connectivity index (χ1n) is 6.65. The maximum Gasteiger partial charge on any atom is 0.122 e. The molecule has 0 aromatic heterocycles. The van der Waals surface area contributed by atoms with Crippen LogP contribution >= 0.6 is 0 Å². The lowest BCUT2D eigenvalue weighted by molar-refractivity contribution is 0.474. The number of allylic oxidation sites excluding steroid dienone is 5. The van der Waals surface area contributed by atoms with E-state index in [9.17, 15) is 5.11 Å². The molecule has 1 aromatic carbocycles. The van der Waals surface area contributed by atoms with E-state index in [-0.39, 0.29) is 0 Å². The molecule has 1 aliphatic carbocycles. The number of rotatable bonds is 4. The minimum atomic E-state index is 0.349. The molecule has 1 aliphatic rings. The van der Waals surface area contributed by atoms with Crippen LogP contribution in [0.2, 0.25) is 0 Å². The highest BCUT2D eigenvalue weighted by Gasteiger charge is 2.11. The molecule has 18 heavy (non-hydrogen) atoms. The van der Waals surface area contributed by atoms with Crippen LogP contribution in [0.15, 0.2) is 54.1 Å². The summed E-state index contributed by atoms with van der Waals surface area (Å²) in [6.07, 6.45) is 14.3. The van der Waals surface area contributed by atoms with Crippen molar-refractivity contribution < 1.29 is 5.11 Å². The fourth-order valence-corrected chi connectivity index (χ4v) is 2.23. The zero-order valence-electron chi connectivity index (χ0n) is 10.8. The summed E-state index contributed by atoms with van der Waals surface area (Å²) in [7, 11) is 0. The lowest BCUT2D eigenvalue weighted by Gasteiger charge is -2.17. The molecule has 1 N–H and O–H groups in total. The van der Waals surface area contributed by atoms with E-state index in [1.807, 2.05) is 18.2 Å². The van der Waals surface area contributed by atoms with Crippen molar-refractivity contribution in [2.24, 2.45) is 5.92 Å². The number of benzene rings is 1. The highest BCUT2D eigenvalue weighted by atomic mass is 16.3. The molecule has 2 rings (SSSR count). The second-order valence-electron chi connectivity index (χ2n) is 4.70. The van der Waals surface area contributed by atoms with Gasteiger partial charge < -0.3 is 5.11 Å². The molecule has 0 saturated carbocycles. The number of hydrogen-bond acceptors (Lipinski definition) is 1. The van der Waals surface area contributed by atoms with Gasteiger partial charge in [0.1, 0.15) is 5.75 Å². The van der Waals surface area contributed by atoms with Crippen molar-refractivity contribution in [2.75, 3.05) is 0 Å². The van der Waals surface area contributed by atoms with Crippen molar-refractivity contribution in [3.8, 4) is 5.75 Å². The monoisotopic (exact) mass is 240 g/mol. The average molecular weight is 240 g/mol. The molecule has 0 spiro atoms. The third kappa shape index (κ3) is 3.13. The van der Waals surface area contributed by atoms with Crippen molar-refractivity contribution in [1.29, 1.82) is 0 Å². The molecule has 1 unspecified atom stereocenters. The normalized spacial score (nSPS) is 20.5. The lowest BCUT2D eigenvalue weighted by atomic mass is 9.88. The average Bonchev–Trinajstić information content (AvgIpc) is 2.40. The predicted molar refractivity (Wildman–Crippen MR) is 77.4 cm³/mol. The predicted octanol–water partition coefficient (Wildman–Crippen LogP) is 4.71. The Kier molecular flexibility index (Phi) is 4.40. The van der Waals surface area contributed by atoms with Gasteiger partial charge in [0.15, 0.2) is 0 Å². The molecule has 0 heterocycles. The Hall–Kier alpha value is -1.76. The van der Waals surface area contributed by atoms with E-state index < -0.39 is 0 Å². The molecule has 0 saturated heterocycles. The Morgan fingerprint density at radius 3 is 2.83 bits per heavy atom. The molecule has 0 radical (unpaired) electrons. The van der Waals surface area contributed by atoms with Crippen molar-refractivity contribution in [1.82, 2.24) is 0 Å². The van der Waals surface area contributed by atoms with Gasteiger partial charge in [0.25, 0.3) is 0 Å². The van der Waals surface area contributed by atoms with E-state index in [0.29, 0.717) is 11.7 Å². The lowest BCUT2D eigenvalue weighted by Crippen LogP contribution is -2.01. The van der Waals surface area contributed by atoms with Crippen LogP contribution < -0.4 is 0 Å². The molecule has 1 heteroatoms. The van der Waals surface area contributed by atoms with Crippen LogP contribution in [0.25, 0.3) is 6.08 Å². The third-order valence-electron chi connectivity index (χ3n) is 3.30. The molecule has 0 bridgehead atoms. The summed E-state index contributed by atoms with van der Waals surface area (Å²) in [5.41, 5.74) is 2.18. The van der Waals surface area contributed by atoms with Gasteiger partial charge in [-0.05, 0) is 24.1 Å². The minimum Gasteiger partial charge on any atom is -0.507 e. The maximum absolute atomic E-state index is 9.82. The van der Waals surface area contributed by atoms with Crippen LogP contribution in [0.5, 0.6) is 5.75 Å². The standard InChI is InChI=1S/C17H20O/c1-2-3-8-14-9-4-5-10-15(14)13-16-11-6-7-12-17(16)18/h4-7,9-14,18H,2-3,8H2,1H3. The SMILES string of the molecule is CCCCC1C=CC=CC1=Cc1ccccc1O. The largest absolute Gasteiger partial charge is 0.507 e. The van der Waals surface area contributed by atoms with Gasteiger partial charge in [-0.15, -0.1) is 0 Å². The maximum atomic E-state index is 9.82. The van der Waals surface area contributed by atoms with Crippen LogP contribution in [0, 0.1) is 5.92 Å². The van der Waals surface area contributed by atoms with Gasteiger partial charge in [0.2, 0.25) is 0 Å². The van der Waals surface area contributed by atoms with E-state index in [1.165, 1.54) is 24.8 Å². The Morgan fingerprint density at radius 1 is 1.22 bits per heavy atom. The molecular formula is C17H20O. The summed E-state index contributed by atoms with van der Waals surface area (Å²) in [5.74, 6) is 0.830. The summed E-state index contributed by atoms with van der Waals surface area (Å²) in [6, 6.07) is 7.49. The van der Waals surface area contributed by atoms with Crippen LogP contribution in [0.3, 0.4) is 0 Å². The zero-order chi connectivity index (χ0) is 12.8. The van der Waals surface area contributed by atoms with Gasteiger partial charge in [-0.3, -0.25) is 0 Å². The quantitative estimate of drug-likeness (QED) is 0.808. The highest BCUT2D eigenvalue weighted by molar-refractivity contribution is 5.63. The Bertz CT molecular complexity index is 480. The number of hydrogen-bond donors (Lipinski definition) is 1. The fourth-order valence-electron chi connectivity index (χ4n) is 2.23. The second-order valence-corrected chi connectivity index (χ2v) is 4.70. The number of phenolic OH excluding ortho intramolecular Hbond substituents is 1. The number of phenols is 1. The van der Waals surface area contributed by atoms with Crippen LogP contribution in [-0.2, 0) is 0 Å². The molecule has 1 nitrogen and oxygen atoms in total. The fraction of sp³-hybridized carbons (Fsp3) is 0.294. The molecular weight excluding hydrogens is 220 g/mol. The van der Waals surface area contributed by atoms with Crippen molar-refractivity contribution in [2.45, 2.75) is 26.2 Å². The summed E-state index contributed by atoms with van der Waals surface area (Å²) in [5, 5.41) is 9.82. The van der Waals surface area contributed by atoms with E-state index in [0.717, 1.165) is 5.56 Å². The molecule has 0 aliphatic heterocycles. The minimum absolute atomic E-state index is 0.349. The van der Waals surface area contributed by atoms with E-state index in [4.69, 9.17) is 0 Å². The summed E-state index contributed by atoms with van der Waals surface area (Å²) in [6.45, 7) is 2.22. The second kappa shape index (κ2) is 6.25. The van der Waals surface area contributed by atoms with E-state index >= 15 is 0 Å². The first kappa shape index (κ1) is 12.7. The van der Waals surface area contributed by atoms with Crippen molar-refractivity contribution >= 4 is 6.08 Å². The van der Waals surface area contributed by atoms with Gasteiger partial charge in [0.05, 0.1) is 0 Å². The first-order chi connectivity index (χ1) is 8.81. The van der Waals surface area contributed by atoms with E-state index in [2.05, 4.69) is 37.3 Å². The number of unbranched alkanes of at least 4 members (excludes halogenated alkanes) is 1. The summed E-state index contributed by atoms with van der Waals surface area (Å²) in [4.78, 5) is 0. The molecule has 1 aromatic rings. The smallest absolute Gasteiger partial charge is 0.122 e. The molecule has 0 fully saturated rings. The van der Waals surface area contributed by atoms with Crippen molar-refractivity contribution in [3.63, 3.8) is 0 Å². The van der Waals surface area contributed by atoms with Gasteiger partial charge in [-0.25, -0.2) is 0 Å². The van der Waals surface area contributed by atoms with Gasteiger partial charge in [-0.1, -0.05) is 62.3 Å². The number of aromatic hydroxyl groups is 1.